The standard InChI is InChI=1S/C15H16ClNO/c1-4-10-5-6-13-11(7-10)14(9(2)3)12(8-18)15(16)17-13/h5-9H,4H2,1-3H3. The van der Waals surface area contributed by atoms with E-state index >= 15 is 0 Å². The molecule has 2 rings (SSSR count). The van der Waals surface area contributed by atoms with Crippen molar-refractivity contribution in [2.24, 2.45) is 0 Å². The first-order valence-corrected chi connectivity index (χ1v) is 6.53. The number of halogens is 1. The summed E-state index contributed by atoms with van der Waals surface area (Å²) in [6.45, 7) is 6.24. The lowest BCUT2D eigenvalue weighted by Gasteiger charge is -2.14. The van der Waals surface area contributed by atoms with Crippen molar-refractivity contribution in [3.63, 3.8) is 0 Å². The second-order valence-electron chi connectivity index (χ2n) is 4.71. The Labute approximate surface area is 112 Å². The summed E-state index contributed by atoms with van der Waals surface area (Å²) in [4.78, 5) is 15.5. The lowest BCUT2D eigenvalue weighted by Crippen LogP contribution is -2.01. The van der Waals surface area contributed by atoms with Crippen LogP contribution in [-0.2, 0) is 6.42 Å². The Morgan fingerprint density at radius 1 is 1.39 bits per heavy atom. The fourth-order valence-electron chi connectivity index (χ4n) is 2.27. The second-order valence-corrected chi connectivity index (χ2v) is 5.07. The number of carbonyl (C=O) groups excluding carboxylic acids is 1. The third-order valence-corrected chi connectivity index (χ3v) is 3.47. The van der Waals surface area contributed by atoms with Gasteiger partial charge in [0.05, 0.1) is 11.1 Å². The number of rotatable bonds is 3. The molecule has 3 heteroatoms. The van der Waals surface area contributed by atoms with Crippen LogP contribution in [0.5, 0.6) is 0 Å². The molecule has 1 aromatic carbocycles. The number of carbonyl (C=O) groups is 1. The van der Waals surface area contributed by atoms with Crippen molar-refractivity contribution in [3.05, 3.63) is 40.0 Å². The highest BCUT2D eigenvalue weighted by Gasteiger charge is 2.16. The zero-order valence-corrected chi connectivity index (χ0v) is 11.6. The van der Waals surface area contributed by atoms with Crippen molar-refractivity contribution in [1.82, 2.24) is 4.98 Å². The number of aldehydes is 1. The summed E-state index contributed by atoms with van der Waals surface area (Å²) in [7, 11) is 0. The molecule has 0 spiro atoms. The van der Waals surface area contributed by atoms with Gasteiger partial charge in [-0.3, -0.25) is 4.79 Å². The van der Waals surface area contributed by atoms with Gasteiger partial charge in [-0.15, -0.1) is 0 Å². The van der Waals surface area contributed by atoms with E-state index in [4.69, 9.17) is 11.6 Å². The van der Waals surface area contributed by atoms with E-state index in [-0.39, 0.29) is 5.92 Å². The van der Waals surface area contributed by atoms with Gasteiger partial charge in [0.2, 0.25) is 0 Å². The van der Waals surface area contributed by atoms with Crippen LogP contribution in [0.15, 0.2) is 18.2 Å². The van der Waals surface area contributed by atoms with Gasteiger partial charge in [0.1, 0.15) is 5.15 Å². The van der Waals surface area contributed by atoms with Crippen LogP contribution in [0.3, 0.4) is 0 Å². The molecule has 1 aromatic heterocycles. The third-order valence-electron chi connectivity index (χ3n) is 3.19. The van der Waals surface area contributed by atoms with Crippen molar-refractivity contribution in [2.75, 3.05) is 0 Å². The summed E-state index contributed by atoms with van der Waals surface area (Å²) < 4.78 is 0. The number of pyridine rings is 1. The van der Waals surface area contributed by atoms with E-state index in [1.807, 2.05) is 6.07 Å². The van der Waals surface area contributed by atoms with Crippen molar-refractivity contribution in [3.8, 4) is 0 Å². The smallest absolute Gasteiger partial charge is 0.153 e. The molecule has 0 unspecified atom stereocenters. The molecule has 0 fully saturated rings. The number of aromatic nitrogens is 1. The molecule has 0 saturated carbocycles. The van der Waals surface area contributed by atoms with E-state index < -0.39 is 0 Å². The van der Waals surface area contributed by atoms with Crippen molar-refractivity contribution in [1.29, 1.82) is 0 Å². The minimum absolute atomic E-state index is 0.236. The largest absolute Gasteiger partial charge is 0.298 e. The molecule has 0 saturated heterocycles. The zero-order valence-electron chi connectivity index (χ0n) is 10.8. The Hall–Kier alpha value is -1.41. The highest BCUT2D eigenvalue weighted by atomic mass is 35.5. The van der Waals surface area contributed by atoms with E-state index in [0.717, 1.165) is 29.2 Å². The highest BCUT2D eigenvalue weighted by Crippen LogP contribution is 2.31. The van der Waals surface area contributed by atoms with Gasteiger partial charge in [-0.2, -0.15) is 0 Å². The van der Waals surface area contributed by atoms with Crippen molar-refractivity contribution < 1.29 is 4.79 Å². The van der Waals surface area contributed by atoms with E-state index in [9.17, 15) is 4.79 Å². The highest BCUT2D eigenvalue weighted by molar-refractivity contribution is 6.32. The van der Waals surface area contributed by atoms with Crippen LogP contribution >= 0.6 is 11.6 Å². The minimum atomic E-state index is 0.236. The normalized spacial score (nSPS) is 11.2. The van der Waals surface area contributed by atoms with Gasteiger partial charge in [0.15, 0.2) is 6.29 Å². The first kappa shape index (κ1) is 13.0. The Balaban J connectivity index is 2.89. The summed E-state index contributed by atoms with van der Waals surface area (Å²) in [6, 6.07) is 6.14. The third kappa shape index (κ3) is 2.13. The predicted octanol–water partition coefficient (Wildman–Crippen LogP) is 4.39. The number of benzene rings is 1. The van der Waals surface area contributed by atoms with E-state index in [0.29, 0.717) is 10.7 Å². The molecule has 2 nitrogen and oxygen atoms in total. The summed E-state index contributed by atoms with van der Waals surface area (Å²) in [5.74, 6) is 0.236. The average Bonchev–Trinajstić information content (AvgIpc) is 2.36. The Bertz CT molecular complexity index is 605. The molecule has 0 amide bonds. The van der Waals surface area contributed by atoms with Crippen LogP contribution in [0.25, 0.3) is 10.9 Å². The zero-order chi connectivity index (χ0) is 13.3. The first-order chi connectivity index (χ1) is 8.58. The summed E-state index contributed by atoms with van der Waals surface area (Å²) in [6.07, 6.45) is 1.77. The quantitative estimate of drug-likeness (QED) is 0.606. The summed E-state index contributed by atoms with van der Waals surface area (Å²) >= 11 is 6.08. The molecule has 0 aliphatic rings. The molecule has 0 aliphatic heterocycles. The van der Waals surface area contributed by atoms with Gasteiger partial charge in [-0.05, 0) is 35.6 Å². The molecule has 2 aromatic rings. The molecule has 0 radical (unpaired) electrons. The molecule has 0 N–H and O–H groups in total. The molecule has 18 heavy (non-hydrogen) atoms. The lowest BCUT2D eigenvalue weighted by atomic mass is 9.93. The molecule has 1 heterocycles. The SMILES string of the molecule is CCc1ccc2nc(Cl)c(C=O)c(C(C)C)c2c1. The number of fused-ring (bicyclic) bond motifs is 1. The topological polar surface area (TPSA) is 30.0 Å². The number of hydrogen-bond donors (Lipinski definition) is 0. The van der Waals surface area contributed by atoms with Crippen LogP contribution in [0, 0.1) is 0 Å². The molecule has 0 aliphatic carbocycles. The molecule has 94 valence electrons. The van der Waals surface area contributed by atoms with E-state index in [1.165, 1.54) is 5.56 Å². The van der Waals surface area contributed by atoms with E-state index in [1.54, 1.807) is 0 Å². The second kappa shape index (κ2) is 5.07. The van der Waals surface area contributed by atoms with Crippen LogP contribution in [0.2, 0.25) is 5.15 Å². The van der Waals surface area contributed by atoms with Gasteiger partial charge in [0, 0.05) is 5.39 Å². The van der Waals surface area contributed by atoms with E-state index in [2.05, 4.69) is 37.9 Å². The van der Waals surface area contributed by atoms with Gasteiger partial charge in [-0.25, -0.2) is 4.98 Å². The van der Waals surface area contributed by atoms with Gasteiger partial charge < -0.3 is 0 Å². The molecular formula is C15H16ClNO. The Kier molecular flexibility index (Phi) is 3.67. The fraction of sp³-hybridized carbons (Fsp3) is 0.333. The number of hydrogen-bond acceptors (Lipinski definition) is 2. The fourth-order valence-corrected chi connectivity index (χ4v) is 2.51. The number of aryl methyl sites for hydroxylation is 1. The van der Waals surface area contributed by atoms with Crippen LogP contribution in [0.1, 0.15) is 48.2 Å². The Morgan fingerprint density at radius 3 is 2.67 bits per heavy atom. The minimum Gasteiger partial charge on any atom is -0.298 e. The molecular weight excluding hydrogens is 246 g/mol. The maximum atomic E-state index is 11.2. The molecule has 0 bridgehead atoms. The summed E-state index contributed by atoms with van der Waals surface area (Å²) in [5, 5.41) is 1.33. The predicted molar refractivity (Wildman–Crippen MR) is 75.6 cm³/mol. The van der Waals surface area contributed by atoms with Gasteiger partial charge >= 0.3 is 0 Å². The molecule has 0 atom stereocenters. The average molecular weight is 262 g/mol. The maximum Gasteiger partial charge on any atom is 0.153 e. The van der Waals surface area contributed by atoms with Crippen molar-refractivity contribution >= 4 is 28.8 Å². The van der Waals surface area contributed by atoms with Crippen LogP contribution < -0.4 is 0 Å². The lowest BCUT2D eigenvalue weighted by molar-refractivity contribution is 0.112. The Morgan fingerprint density at radius 2 is 2.11 bits per heavy atom. The monoisotopic (exact) mass is 261 g/mol. The number of nitrogens with zero attached hydrogens (tertiary/aromatic N) is 1. The van der Waals surface area contributed by atoms with Gasteiger partial charge in [0.25, 0.3) is 0 Å². The van der Waals surface area contributed by atoms with Crippen molar-refractivity contribution in [2.45, 2.75) is 33.1 Å². The first-order valence-electron chi connectivity index (χ1n) is 6.15. The summed E-state index contributed by atoms with van der Waals surface area (Å²) in [5.41, 5.74) is 3.61. The van der Waals surface area contributed by atoms with Gasteiger partial charge in [-0.1, -0.05) is 38.4 Å². The van der Waals surface area contributed by atoms with Crippen LogP contribution in [-0.4, -0.2) is 11.3 Å². The maximum absolute atomic E-state index is 11.2. The van der Waals surface area contributed by atoms with Crippen LogP contribution in [0.4, 0.5) is 0 Å².